The highest BCUT2D eigenvalue weighted by atomic mass is 35.5. The van der Waals surface area contributed by atoms with E-state index in [1.807, 2.05) is 12.1 Å². The van der Waals surface area contributed by atoms with Crippen LogP contribution < -0.4 is 4.90 Å². The Balaban J connectivity index is 1.82. The number of β-amino-alcohol motifs (C(OH)–C–C–N with tert-alkyl or cyclic N) is 1. The molecule has 2 aromatic rings. The molecule has 0 radical (unpaired) electrons. The minimum Gasteiger partial charge on any atom is -0.444 e. The number of fused-ring (bicyclic) bond motifs is 1. The molecule has 0 fully saturated rings. The van der Waals surface area contributed by atoms with Crippen LogP contribution in [0.2, 0.25) is 5.28 Å². The van der Waals surface area contributed by atoms with Gasteiger partial charge in [0.25, 0.3) is 0 Å². The van der Waals surface area contributed by atoms with Crippen molar-refractivity contribution in [2.45, 2.75) is 25.7 Å². The van der Waals surface area contributed by atoms with Crippen LogP contribution in [0.4, 0.5) is 16.3 Å². The van der Waals surface area contributed by atoms with Gasteiger partial charge in [0.05, 0.1) is 24.4 Å². The lowest BCUT2D eigenvalue weighted by Gasteiger charge is -2.34. The van der Waals surface area contributed by atoms with E-state index in [2.05, 4.69) is 4.98 Å². The number of imidazole rings is 1. The number of amides is 1. The summed E-state index contributed by atoms with van der Waals surface area (Å²) in [4.78, 5) is 27.1. The van der Waals surface area contributed by atoms with Crippen molar-refractivity contribution in [2.75, 3.05) is 11.4 Å². The molecule has 132 valence electrons. The van der Waals surface area contributed by atoms with Gasteiger partial charge in [0.2, 0.25) is 0 Å². The third kappa shape index (κ3) is 3.57. The molecule has 1 atom stereocenters. The second-order valence-electron chi connectivity index (χ2n) is 6.02. The number of carbonyl (C=O) groups is 1. The average molecular weight is 367 g/mol. The number of ether oxygens (including phenoxy) is 1. The lowest BCUT2D eigenvalue weighted by Crippen LogP contribution is -2.48. The van der Waals surface area contributed by atoms with Gasteiger partial charge in [-0.1, -0.05) is 18.2 Å². The van der Waals surface area contributed by atoms with Gasteiger partial charge in [-0.3, -0.25) is 9.47 Å². The highest BCUT2D eigenvalue weighted by Gasteiger charge is 2.34. The summed E-state index contributed by atoms with van der Waals surface area (Å²) in [6.45, 7) is 1.51. The van der Waals surface area contributed by atoms with E-state index in [0.29, 0.717) is 5.69 Å². The zero-order valence-electron chi connectivity index (χ0n) is 13.3. The van der Waals surface area contributed by atoms with Crippen molar-refractivity contribution in [3.63, 3.8) is 0 Å². The number of halogens is 1. The van der Waals surface area contributed by atoms with Crippen LogP contribution in [0.5, 0.6) is 0 Å². The molecular formula is C15H15ClN4O5. The summed E-state index contributed by atoms with van der Waals surface area (Å²) >= 11 is 5.88. The standard InChI is InChI=1S/C15H15ClN4O5/c1-15(22,8-18-6-12(20(23)24)17-13(18)16)9-19-11-5-3-2-4-10(11)7-25-14(19)21/h2-6,22H,7-9H2,1H3. The Labute approximate surface area is 147 Å². The molecule has 1 aromatic heterocycles. The van der Waals surface area contributed by atoms with Crippen LogP contribution in [0.3, 0.4) is 0 Å². The number of hydrogen-bond acceptors (Lipinski definition) is 6. The van der Waals surface area contributed by atoms with Crippen molar-refractivity contribution < 1.29 is 19.6 Å². The number of nitrogens with zero attached hydrogens (tertiary/aromatic N) is 4. The number of nitro groups is 1. The lowest BCUT2D eigenvalue weighted by molar-refractivity contribution is -0.389. The largest absolute Gasteiger partial charge is 0.444 e. The molecule has 0 saturated heterocycles. The van der Waals surface area contributed by atoms with Gasteiger partial charge >= 0.3 is 17.2 Å². The molecule has 10 heteroatoms. The third-order valence-corrected chi connectivity index (χ3v) is 4.07. The van der Waals surface area contributed by atoms with Gasteiger partial charge in [0, 0.05) is 5.56 Å². The van der Waals surface area contributed by atoms with E-state index in [4.69, 9.17) is 16.3 Å². The van der Waals surface area contributed by atoms with Gasteiger partial charge in [-0.15, -0.1) is 0 Å². The van der Waals surface area contributed by atoms with Crippen LogP contribution in [0.15, 0.2) is 30.5 Å². The minimum absolute atomic E-state index is 0.0782. The van der Waals surface area contributed by atoms with Crippen molar-refractivity contribution in [3.8, 4) is 0 Å². The summed E-state index contributed by atoms with van der Waals surface area (Å²) in [5, 5.41) is 21.4. The Kier molecular flexibility index (Phi) is 4.36. The van der Waals surface area contributed by atoms with E-state index in [1.165, 1.54) is 16.4 Å². The average Bonchev–Trinajstić information content (AvgIpc) is 2.91. The molecule has 0 saturated carbocycles. The first-order chi connectivity index (χ1) is 11.8. The fraction of sp³-hybridized carbons (Fsp3) is 0.333. The quantitative estimate of drug-likeness (QED) is 0.642. The molecule has 1 unspecified atom stereocenters. The molecule has 3 rings (SSSR count). The van der Waals surface area contributed by atoms with E-state index in [-0.39, 0.29) is 25.0 Å². The maximum absolute atomic E-state index is 12.1. The smallest absolute Gasteiger partial charge is 0.414 e. The van der Waals surface area contributed by atoms with Gasteiger partial charge in [0.15, 0.2) is 0 Å². The van der Waals surface area contributed by atoms with Gasteiger partial charge in [-0.05, 0) is 34.5 Å². The first-order valence-electron chi connectivity index (χ1n) is 7.38. The first-order valence-corrected chi connectivity index (χ1v) is 7.76. The third-order valence-electron chi connectivity index (χ3n) is 3.77. The second kappa shape index (κ2) is 6.34. The number of rotatable bonds is 5. The molecule has 0 bridgehead atoms. The highest BCUT2D eigenvalue weighted by molar-refractivity contribution is 6.28. The van der Waals surface area contributed by atoms with Crippen molar-refractivity contribution >= 4 is 29.2 Å². The summed E-state index contributed by atoms with van der Waals surface area (Å²) in [7, 11) is 0. The fourth-order valence-corrected chi connectivity index (χ4v) is 2.89. The van der Waals surface area contributed by atoms with Gasteiger partial charge in [0.1, 0.15) is 12.8 Å². The number of anilines is 1. The topological polar surface area (TPSA) is 111 Å². The summed E-state index contributed by atoms with van der Waals surface area (Å²) in [6, 6.07) is 7.22. The van der Waals surface area contributed by atoms with Crippen molar-refractivity contribution in [1.82, 2.24) is 9.55 Å². The van der Waals surface area contributed by atoms with Crippen molar-refractivity contribution in [2.24, 2.45) is 0 Å². The lowest BCUT2D eigenvalue weighted by atomic mass is 10.0. The molecule has 2 heterocycles. The molecule has 1 N–H and O–H groups in total. The van der Waals surface area contributed by atoms with E-state index in [1.54, 1.807) is 12.1 Å². The second-order valence-corrected chi connectivity index (χ2v) is 6.36. The van der Waals surface area contributed by atoms with Crippen LogP contribution in [-0.2, 0) is 17.9 Å². The number of cyclic esters (lactones) is 1. The van der Waals surface area contributed by atoms with Crippen LogP contribution in [0.1, 0.15) is 12.5 Å². The molecular weight excluding hydrogens is 352 g/mol. The highest BCUT2D eigenvalue weighted by Crippen LogP contribution is 2.29. The number of aromatic nitrogens is 2. The molecule has 0 spiro atoms. The molecule has 1 aliphatic rings. The van der Waals surface area contributed by atoms with Crippen molar-refractivity contribution in [3.05, 3.63) is 51.4 Å². The molecule has 1 aliphatic heterocycles. The van der Waals surface area contributed by atoms with Gasteiger partial charge in [-0.25, -0.2) is 4.79 Å². The predicted octanol–water partition coefficient (Wildman–Crippen LogP) is 2.35. The summed E-state index contributed by atoms with van der Waals surface area (Å²) in [6.07, 6.45) is 0.570. The number of aliphatic hydroxyl groups is 1. The van der Waals surface area contributed by atoms with Crippen LogP contribution in [0, 0.1) is 10.1 Å². The normalized spacial score (nSPS) is 16.1. The fourth-order valence-electron chi connectivity index (χ4n) is 2.70. The number of hydrogen-bond donors (Lipinski definition) is 1. The zero-order valence-corrected chi connectivity index (χ0v) is 14.0. The number of benzene rings is 1. The number of para-hydroxylation sites is 1. The Morgan fingerprint density at radius 1 is 1.44 bits per heavy atom. The van der Waals surface area contributed by atoms with Crippen LogP contribution in [-0.4, -0.2) is 37.8 Å². The first kappa shape index (κ1) is 17.2. The van der Waals surface area contributed by atoms with E-state index in [0.717, 1.165) is 11.8 Å². The van der Waals surface area contributed by atoms with Gasteiger partial charge < -0.3 is 20.0 Å². The van der Waals surface area contributed by atoms with E-state index < -0.39 is 22.4 Å². The Bertz CT molecular complexity index is 835. The summed E-state index contributed by atoms with van der Waals surface area (Å²) in [5.74, 6) is -0.413. The summed E-state index contributed by atoms with van der Waals surface area (Å²) < 4.78 is 6.38. The van der Waals surface area contributed by atoms with E-state index in [9.17, 15) is 20.0 Å². The number of carbonyl (C=O) groups excluding carboxylic acids is 1. The molecule has 0 aliphatic carbocycles. The maximum atomic E-state index is 12.1. The SMILES string of the molecule is CC(O)(CN1C(=O)OCc2ccccc21)Cn1cc([N+](=O)[O-])nc1Cl. The molecule has 1 amide bonds. The summed E-state index contributed by atoms with van der Waals surface area (Å²) in [5.41, 5.74) is 0.0535. The van der Waals surface area contributed by atoms with Gasteiger partial charge in [-0.2, -0.15) is 0 Å². The monoisotopic (exact) mass is 366 g/mol. The molecule has 9 nitrogen and oxygen atoms in total. The van der Waals surface area contributed by atoms with Crippen molar-refractivity contribution in [1.29, 1.82) is 0 Å². The predicted molar refractivity (Wildman–Crippen MR) is 88.5 cm³/mol. The Morgan fingerprint density at radius 2 is 2.16 bits per heavy atom. The molecule has 25 heavy (non-hydrogen) atoms. The van der Waals surface area contributed by atoms with Crippen LogP contribution >= 0.6 is 11.6 Å². The van der Waals surface area contributed by atoms with E-state index >= 15 is 0 Å². The Morgan fingerprint density at radius 3 is 2.84 bits per heavy atom. The minimum atomic E-state index is -1.43. The molecule has 1 aromatic carbocycles. The Hall–Kier alpha value is -2.65. The zero-order chi connectivity index (χ0) is 18.2. The van der Waals surface area contributed by atoms with Crippen LogP contribution in [0.25, 0.3) is 0 Å². The maximum Gasteiger partial charge on any atom is 0.414 e.